The predicted octanol–water partition coefficient (Wildman–Crippen LogP) is 0.697. The molecule has 3 N–H and O–H groups in total. The van der Waals surface area contributed by atoms with E-state index in [1.54, 1.807) is 23.8 Å². The van der Waals surface area contributed by atoms with Crippen LogP contribution in [0.5, 0.6) is 5.75 Å². The minimum absolute atomic E-state index is 0.00905. The van der Waals surface area contributed by atoms with Gasteiger partial charge in [0.25, 0.3) is 0 Å². The zero-order valence-electron chi connectivity index (χ0n) is 11.9. The van der Waals surface area contributed by atoms with Gasteiger partial charge in [0.1, 0.15) is 11.6 Å². The molecule has 0 bridgehead atoms. The highest BCUT2D eigenvalue weighted by atomic mass is 16.5. The molecule has 0 spiro atoms. The molecule has 8 nitrogen and oxygen atoms in total. The lowest BCUT2D eigenvalue weighted by Gasteiger charge is -2.05. The van der Waals surface area contributed by atoms with Crippen LogP contribution in [0.2, 0.25) is 0 Å². The summed E-state index contributed by atoms with van der Waals surface area (Å²) in [5.41, 5.74) is 6.54. The number of amides is 1. The summed E-state index contributed by atoms with van der Waals surface area (Å²) in [6.07, 6.45) is 0. The van der Waals surface area contributed by atoms with Crippen LogP contribution in [0.25, 0.3) is 17.0 Å². The van der Waals surface area contributed by atoms with Crippen LogP contribution in [0.3, 0.4) is 0 Å². The Balaban J connectivity index is 2.02. The number of aromatic nitrogens is 4. The van der Waals surface area contributed by atoms with E-state index in [2.05, 4.69) is 20.6 Å². The summed E-state index contributed by atoms with van der Waals surface area (Å²) in [5, 5.41) is 15.4. The van der Waals surface area contributed by atoms with E-state index in [1.165, 1.54) is 0 Å². The number of nitrogens with one attached hydrogen (secondary N) is 1. The van der Waals surface area contributed by atoms with Crippen molar-refractivity contribution in [2.75, 3.05) is 19.0 Å². The SMILES string of the molecule is COc1cccc(-c2nnc3ccc(NCC(N)=O)nn23)c1. The summed E-state index contributed by atoms with van der Waals surface area (Å²) in [7, 11) is 1.60. The summed E-state index contributed by atoms with van der Waals surface area (Å²) in [6.45, 7) is 0.00905. The molecule has 2 aromatic heterocycles. The van der Waals surface area contributed by atoms with Crippen LogP contribution in [-0.4, -0.2) is 39.4 Å². The van der Waals surface area contributed by atoms with E-state index in [4.69, 9.17) is 10.5 Å². The number of benzene rings is 1. The molecule has 0 fully saturated rings. The number of carbonyl (C=O) groups excluding carboxylic acids is 1. The van der Waals surface area contributed by atoms with Gasteiger partial charge in [-0.25, -0.2) is 0 Å². The second-order valence-corrected chi connectivity index (χ2v) is 4.56. The number of fused-ring (bicyclic) bond motifs is 1. The molecule has 0 radical (unpaired) electrons. The van der Waals surface area contributed by atoms with E-state index in [0.717, 1.165) is 11.3 Å². The third-order valence-electron chi connectivity index (χ3n) is 3.03. The number of hydrogen-bond donors (Lipinski definition) is 2. The van der Waals surface area contributed by atoms with Gasteiger partial charge in [-0.1, -0.05) is 12.1 Å². The highest BCUT2D eigenvalue weighted by molar-refractivity contribution is 5.78. The average molecular weight is 298 g/mol. The topological polar surface area (TPSA) is 107 Å². The maximum Gasteiger partial charge on any atom is 0.236 e. The van der Waals surface area contributed by atoms with Gasteiger partial charge < -0.3 is 15.8 Å². The molecule has 22 heavy (non-hydrogen) atoms. The zero-order chi connectivity index (χ0) is 15.5. The fourth-order valence-electron chi connectivity index (χ4n) is 2.00. The van der Waals surface area contributed by atoms with E-state index >= 15 is 0 Å². The van der Waals surface area contributed by atoms with Gasteiger partial charge in [0.05, 0.1) is 13.7 Å². The van der Waals surface area contributed by atoms with Crippen molar-refractivity contribution in [1.82, 2.24) is 19.8 Å². The Morgan fingerprint density at radius 1 is 1.32 bits per heavy atom. The standard InChI is InChI=1S/C14H14N6O2/c1-22-10-4-2-3-9(7-10)14-18-17-13-6-5-12(19-20(13)14)16-8-11(15)21/h2-7H,8H2,1H3,(H2,15,21)(H,16,19). The first kappa shape index (κ1) is 13.8. The maximum atomic E-state index is 10.8. The Labute approximate surface area is 125 Å². The van der Waals surface area contributed by atoms with Crippen molar-refractivity contribution in [3.8, 4) is 17.1 Å². The molecule has 0 aliphatic heterocycles. The van der Waals surface area contributed by atoms with E-state index < -0.39 is 5.91 Å². The molecule has 2 heterocycles. The van der Waals surface area contributed by atoms with Gasteiger partial charge in [-0.15, -0.1) is 15.3 Å². The second-order valence-electron chi connectivity index (χ2n) is 4.56. The monoisotopic (exact) mass is 298 g/mol. The average Bonchev–Trinajstić information content (AvgIpc) is 2.96. The number of nitrogens with zero attached hydrogens (tertiary/aromatic N) is 4. The van der Waals surface area contributed by atoms with E-state index in [0.29, 0.717) is 17.3 Å². The predicted molar refractivity (Wildman–Crippen MR) is 80.5 cm³/mol. The number of methoxy groups -OCH3 is 1. The summed E-state index contributed by atoms with van der Waals surface area (Å²) >= 11 is 0. The summed E-state index contributed by atoms with van der Waals surface area (Å²) in [6, 6.07) is 10.9. The van der Waals surface area contributed by atoms with E-state index in [1.807, 2.05) is 24.3 Å². The molecule has 0 aliphatic carbocycles. The first-order valence-corrected chi connectivity index (χ1v) is 6.56. The van der Waals surface area contributed by atoms with Crippen molar-refractivity contribution >= 4 is 17.4 Å². The second kappa shape index (κ2) is 5.68. The molecule has 1 aromatic carbocycles. The molecule has 112 valence electrons. The van der Waals surface area contributed by atoms with Gasteiger partial charge in [0.2, 0.25) is 5.91 Å². The molecule has 3 rings (SSSR count). The lowest BCUT2D eigenvalue weighted by molar-refractivity contribution is -0.116. The van der Waals surface area contributed by atoms with Crippen molar-refractivity contribution in [3.63, 3.8) is 0 Å². The number of hydrogen-bond acceptors (Lipinski definition) is 6. The van der Waals surface area contributed by atoms with Gasteiger partial charge in [-0.05, 0) is 24.3 Å². The molecule has 0 aliphatic rings. The Hall–Kier alpha value is -3.16. The van der Waals surface area contributed by atoms with Crippen molar-refractivity contribution in [2.45, 2.75) is 0 Å². The molecule has 0 saturated carbocycles. The lowest BCUT2D eigenvalue weighted by Crippen LogP contribution is -2.22. The quantitative estimate of drug-likeness (QED) is 0.718. The van der Waals surface area contributed by atoms with Gasteiger partial charge >= 0.3 is 0 Å². The number of anilines is 1. The van der Waals surface area contributed by atoms with Crippen molar-refractivity contribution < 1.29 is 9.53 Å². The van der Waals surface area contributed by atoms with Crippen molar-refractivity contribution in [2.24, 2.45) is 5.73 Å². The fraction of sp³-hybridized carbons (Fsp3) is 0.143. The Morgan fingerprint density at radius 3 is 2.95 bits per heavy atom. The summed E-state index contributed by atoms with van der Waals surface area (Å²) in [5.74, 6) is 1.35. The van der Waals surface area contributed by atoms with Crippen LogP contribution in [0, 0.1) is 0 Å². The first-order chi connectivity index (χ1) is 10.7. The smallest absolute Gasteiger partial charge is 0.236 e. The number of nitrogens with two attached hydrogens (primary N) is 1. The Morgan fingerprint density at radius 2 is 2.18 bits per heavy atom. The van der Waals surface area contributed by atoms with Crippen LogP contribution in [0.15, 0.2) is 36.4 Å². The fourth-order valence-corrected chi connectivity index (χ4v) is 2.00. The third kappa shape index (κ3) is 2.66. The minimum atomic E-state index is -0.460. The minimum Gasteiger partial charge on any atom is -0.497 e. The molecular formula is C14H14N6O2. The van der Waals surface area contributed by atoms with Gasteiger partial charge in [-0.2, -0.15) is 4.52 Å². The van der Waals surface area contributed by atoms with Gasteiger partial charge in [0.15, 0.2) is 11.5 Å². The third-order valence-corrected chi connectivity index (χ3v) is 3.03. The molecule has 0 atom stereocenters. The number of rotatable bonds is 5. The van der Waals surface area contributed by atoms with Gasteiger partial charge in [0, 0.05) is 5.56 Å². The van der Waals surface area contributed by atoms with Crippen molar-refractivity contribution in [3.05, 3.63) is 36.4 Å². The van der Waals surface area contributed by atoms with Crippen LogP contribution >= 0.6 is 0 Å². The van der Waals surface area contributed by atoms with E-state index in [9.17, 15) is 4.79 Å². The van der Waals surface area contributed by atoms with Crippen LogP contribution < -0.4 is 15.8 Å². The lowest BCUT2D eigenvalue weighted by atomic mass is 10.2. The summed E-state index contributed by atoms with van der Waals surface area (Å²) < 4.78 is 6.81. The molecule has 0 saturated heterocycles. The molecule has 8 heteroatoms. The van der Waals surface area contributed by atoms with Gasteiger partial charge in [-0.3, -0.25) is 4.79 Å². The molecule has 1 amide bonds. The largest absolute Gasteiger partial charge is 0.497 e. The Kier molecular flexibility index (Phi) is 3.57. The van der Waals surface area contributed by atoms with Crippen LogP contribution in [0.4, 0.5) is 5.82 Å². The normalized spacial score (nSPS) is 10.6. The Bertz CT molecular complexity index is 829. The molecule has 0 unspecified atom stereocenters. The highest BCUT2D eigenvalue weighted by Gasteiger charge is 2.11. The van der Waals surface area contributed by atoms with E-state index in [-0.39, 0.29) is 6.54 Å². The van der Waals surface area contributed by atoms with Crippen LogP contribution in [-0.2, 0) is 4.79 Å². The number of carbonyl (C=O) groups is 1. The highest BCUT2D eigenvalue weighted by Crippen LogP contribution is 2.22. The maximum absolute atomic E-state index is 10.8. The van der Waals surface area contributed by atoms with Crippen LogP contribution in [0.1, 0.15) is 0 Å². The first-order valence-electron chi connectivity index (χ1n) is 6.56. The molecular weight excluding hydrogens is 284 g/mol. The number of primary amides is 1. The van der Waals surface area contributed by atoms with Crippen molar-refractivity contribution in [1.29, 1.82) is 0 Å². The molecule has 3 aromatic rings. The zero-order valence-corrected chi connectivity index (χ0v) is 11.9. The number of ether oxygens (including phenoxy) is 1. The summed E-state index contributed by atoms with van der Waals surface area (Å²) in [4.78, 5) is 10.8.